The monoisotopic (exact) mass is 415 g/mol. The van der Waals surface area contributed by atoms with Gasteiger partial charge in [0, 0.05) is 29.9 Å². The van der Waals surface area contributed by atoms with Crippen LogP contribution in [-0.4, -0.2) is 25.0 Å². The molecule has 1 aliphatic rings. The van der Waals surface area contributed by atoms with Crippen LogP contribution >= 0.6 is 0 Å². The van der Waals surface area contributed by atoms with Gasteiger partial charge in [0.15, 0.2) is 0 Å². The zero-order chi connectivity index (χ0) is 21.6. The van der Waals surface area contributed by atoms with E-state index in [-0.39, 0.29) is 18.1 Å². The second kappa shape index (κ2) is 9.35. The van der Waals surface area contributed by atoms with Gasteiger partial charge in [0.05, 0.1) is 12.1 Å². The third-order valence-corrected chi connectivity index (χ3v) is 4.52. The molecule has 0 spiro atoms. The molecule has 2 aromatic carbocycles. The van der Waals surface area contributed by atoms with Gasteiger partial charge in [0.1, 0.15) is 0 Å². The Kier molecular flexibility index (Phi) is 6.62. The molecule has 1 heterocycles. The van der Waals surface area contributed by atoms with E-state index in [9.17, 15) is 22.8 Å². The van der Waals surface area contributed by atoms with Crippen molar-refractivity contribution in [1.29, 1.82) is 0 Å². The summed E-state index contributed by atoms with van der Waals surface area (Å²) in [6.45, 7) is 0.742. The molecule has 3 amide bonds. The molecule has 0 radical (unpaired) electrons. The number of anilines is 2. The fourth-order valence-corrected chi connectivity index (χ4v) is 3.02. The molecule has 2 N–H and O–H groups in total. The summed E-state index contributed by atoms with van der Waals surface area (Å²) >= 11 is 0. The first-order valence-electron chi connectivity index (χ1n) is 9.44. The summed E-state index contributed by atoms with van der Waals surface area (Å²) in [6.07, 6.45) is -2.00. The fourth-order valence-electron chi connectivity index (χ4n) is 3.02. The molecule has 0 bridgehead atoms. The second-order valence-corrected chi connectivity index (χ2v) is 6.74. The molecule has 0 saturated carbocycles. The minimum absolute atomic E-state index is 0.0250. The highest BCUT2D eigenvalue weighted by Gasteiger charge is 2.30. The SMILES string of the molecule is O=C(NCC#Cc1ccc(N2CCCCC2=O)cc1)Nc1cccc(C(F)(F)F)c1. The maximum absolute atomic E-state index is 12.7. The third kappa shape index (κ3) is 5.77. The summed E-state index contributed by atoms with van der Waals surface area (Å²) in [4.78, 5) is 25.5. The van der Waals surface area contributed by atoms with E-state index in [1.807, 2.05) is 12.1 Å². The topological polar surface area (TPSA) is 61.4 Å². The lowest BCUT2D eigenvalue weighted by Gasteiger charge is -2.26. The highest BCUT2D eigenvalue weighted by molar-refractivity contribution is 5.94. The summed E-state index contributed by atoms with van der Waals surface area (Å²) in [7, 11) is 0. The van der Waals surface area contributed by atoms with Crippen LogP contribution in [0.1, 0.15) is 30.4 Å². The highest BCUT2D eigenvalue weighted by atomic mass is 19.4. The molecule has 0 aliphatic carbocycles. The number of carbonyl (C=O) groups excluding carboxylic acids is 2. The number of amides is 3. The molecule has 8 heteroatoms. The minimum atomic E-state index is -4.48. The lowest BCUT2D eigenvalue weighted by Crippen LogP contribution is -2.35. The molecule has 0 aromatic heterocycles. The van der Waals surface area contributed by atoms with Crippen LogP contribution in [0.15, 0.2) is 48.5 Å². The molecular formula is C22H20F3N3O2. The van der Waals surface area contributed by atoms with E-state index in [4.69, 9.17) is 0 Å². The lowest BCUT2D eigenvalue weighted by atomic mass is 10.1. The van der Waals surface area contributed by atoms with Crippen LogP contribution in [0.3, 0.4) is 0 Å². The molecule has 0 atom stereocenters. The van der Waals surface area contributed by atoms with Gasteiger partial charge in [-0.3, -0.25) is 4.79 Å². The standard InChI is InChI=1S/C22H20F3N3O2/c23-22(24,25)17-6-3-7-18(15-17)27-21(30)26-13-4-5-16-9-11-19(12-10-16)28-14-2-1-8-20(28)29/h3,6-7,9-12,15H,1-2,8,13-14H2,(H2,26,27,30). The van der Waals surface area contributed by atoms with Gasteiger partial charge in [0.2, 0.25) is 5.91 Å². The number of carbonyl (C=O) groups is 2. The summed E-state index contributed by atoms with van der Waals surface area (Å²) < 4.78 is 38.1. The molecule has 1 aliphatic heterocycles. The number of alkyl halides is 3. The minimum Gasteiger partial charge on any atom is -0.327 e. The summed E-state index contributed by atoms with van der Waals surface area (Å²) in [5.74, 6) is 5.79. The Balaban J connectivity index is 1.50. The van der Waals surface area contributed by atoms with Gasteiger partial charge in [-0.25, -0.2) is 4.79 Å². The van der Waals surface area contributed by atoms with E-state index in [0.29, 0.717) is 6.42 Å². The maximum atomic E-state index is 12.7. The number of nitrogens with zero attached hydrogens (tertiary/aromatic N) is 1. The Labute approximate surface area is 172 Å². The average molecular weight is 415 g/mol. The van der Waals surface area contributed by atoms with E-state index in [0.717, 1.165) is 42.8 Å². The van der Waals surface area contributed by atoms with Crippen molar-refractivity contribution in [2.45, 2.75) is 25.4 Å². The first-order valence-corrected chi connectivity index (χ1v) is 9.44. The van der Waals surface area contributed by atoms with Crippen molar-refractivity contribution >= 4 is 23.3 Å². The van der Waals surface area contributed by atoms with Gasteiger partial charge < -0.3 is 15.5 Å². The zero-order valence-electron chi connectivity index (χ0n) is 16.1. The summed E-state index contributed by atoms with van der Waals surface area (Å²) in [5.41, 5.74) is 0.764. The third-order valence-electron chi connectivity index (χ3n) is 4.52. The van der Waals surface area contributed by atoms with Crippen molar-refractivity contribution in [3.63, 3.8) is 0 Å². The van der Waals surface area contributed by atoms with Gasteiger partial charge in [-0.15, -0.1) is 0 Å². The molecule has 30 heavy (non-hydrogen) atoms. The number of piperidine rings is 1. The van der Waals surface area contributed by atoms with Crippen molar-refractivity contribution in [1.82, 2.24) is 5.32 Å². The molecule has 2 aromatic rings. The average Bonchev–Trinajstić information content (AvgIpc) is 2.72. The van der Waals surface area contributed by atoms with Crippen molar-refractivity contribution in [3.8, 4) is 11.8 Å². The number of hydrogen-bond donors (Lipinski definition) is 2. The Hall–Kier alpha value is -3.47. The number of rotatable bonds is 3. The summed E-state index contributed by atoms with van der Waals surface area (Å²) in [6, 6.07) is 11.0. The number of halogens is 3. The molecule has 0 unspecified atom stereocenters. The van der Waals surface area contributed by atoms with E-state index < -0.39 is 17.8 Å². The first-order chi connectivity index (χ1) is 14.3. The van der Waals surface area contributed by atoms with Crippen LogP contribution in [-0.2, 0) is 11.0 Å². The van der Waals surface area contributed by atoms with Crippen LogP contribution in [0.2, 0.25) is 0 Å². The van der Waals surface area contributed by atoms with Crippen LogP contribution in [0.5, 0.6) is 0 Å². The normalized spacial score (nSPS) is 14.0. The molecule has 5 nitrogen and oxygen atoms in total. The molecule has 3 rings (SSSR count). The number of urea groups is 1. The van der Waals surface area contributed by atoms with Crippen molar-refractivity contribution in [3.05, 3.63) is 59.7 Å². The van der Waals surface area contributed by atoms with E-state index in [1.165, 1.54) is 12.1 Å². The largest absolute Gasteiger partial charge is 0.416 e. The molecule has 156 valence electrons. The molecule has 1 fully saturated rings. The fraction of sp³-hybridized carbons (Fsp3) is 0.273. The van der Waals surface area contributed by atoms with Crippen LogP contribution in [0.25, 0.3) is 0 Å². The van der Waals surface area contributed by atoms with E-state index in [1.54, 1.807) is 17.0 Å². The van der Waals surface area contributed by atoms with Gasteiger partial charge in [-0.05, 0) is 55.3 Å². The van der Waals surface area contributed by atoms with Crippen molar-refractivity contribution < 1.29 is 22.8 Å². The van der Waals surface area contributed by atoms with E-state index in [2.05, 4.69) is 22.5 Å². The van der Waals surface area contributed by atoms with Crippen molar-refractivity contribution in [2.24, 2.45) is 0 Å². The second-order valence-electron chi connectivity index (χ2n) is 6.74. The number of nitrogens with one attached hydrogen (secondary N) is 2. The van der Waals surface area contributed by atoms with Gasteiger partial charge >= 0.3 is 12.2 Å². The Morgan fingerprint density at radius 3 is 2.57 bits per heavy atom. The Morgan fingerprint density at radius 1 is 1.10 bits per heavy atom. The van der Waals surface area contributed by atoms with Crippen molar-refractivity contribution in [2.75, 3.05) is 23.3 Å². The van der Waals surface area contributed by atoms with Gasteiger partial charge in [-0.2, -0.15) is 13.2 Å². The molecular weight excluding hydrogens is 395 g/mol. The van der Waals surface area contributed by atoms with Gasteiger partial charge in [-0.1, -0.05) is 17.9 Å². The van der Waals surface area contributed by atoms with Crippen LogP contribution in [0, 0.1) is 11.8 Å². The maximum Gasteiger partial charge on any atom is 0.416 e. The Morgan fingerprint density at radius 2 is 1.87 bits per heavy atom. The zero-order valence-corrected chi connectivity index (χ0v) is 16.1. The van der Waals surface area contributed by atoms with Crippen LogP contribution < -0.4 is 15.5 Å². The summed E-state index contributed by atoms with van der Waals surface area (Å²) in [5, 5.41) is 4.82. The highest BCUT2D eigenvalue weighted by Crippen LogP contribution is 2.30. The number of benzene rings is 2. The first kappa shape index (κ1) is 21.2. The predicted molar refractivity (Wildman–Crippen MR) is 108 cm³/mol. The molecule has 1 saturated heterocycles. The van der Waals surface area contributed by atoms with Gasteiger partial charge in [0.25, 0.3) is 0 Å². The predicted octanol–water partition coefficient (Wildman–Crippen LogP) is 4.40. The Bertz CT molecular complexity index is 976. The van der Waals surface area contributed by atoms with Crippen LogP contribution in [0.4, 0.5) is 29.3 Å². The quantitative estimate of drug-likeness (QED) is 0.731. The van der Waals surface area contributed by atoms with E-state index >= 15 is 0 Å². The number of hydrogen-bond acceptors (Lipinski definition) is 2. The smallest absolute Gasteiger partial charge is 0.327 e. The lowest BCUT2D eigenvalue weighted by molar-refractivity contribution is -0.137.